The van der Waals surface area contributed by atoms with Crippen LogP contribution in [0.3, 0.4) is 0 Å². The second-order valence-electron chi connectivity index (χ2n) is 14.4. The molecule has 0 saturated carbocycles. The van der Waals surface area contributed by atoms with Gasteiger partial charge in [0.15, 0.2) is 0 Å². The first-order valence-corrected chi connectivity index (χ1v) is 43.5. The van der Waals surface area contributed by atoms with Gasteiger partial charge in [-0.25, -0.2) is 0 Å². The quantitative estimate of drug-likeness (QED) is 0.282. The zero-order valence-electron chi connectivity index (χ0n) is 24.3. The van der Waals surface area contributed by atoms with E-state index in [-0.39, 0.29) is 14.7 Å². The SMILES string of the molecule is CC1=C(C)[O][Ge][O]1.C[Si](C)(C)[Si]([Si](C)(C)C)[Si](C)(C)[Si](C)(C)[Si]([Si](C)(C)C)[Si](C)(C)C. The Balaban J connectivity index is 0.00000107. The third-order valence-electron chi connectivity index (χ3n) is 6.70. The molecule has 31 heavy (non-hydrogen) atoms. The molecule has 1 aliphatic heterocycles. The van der Waals surface area contributed by atoms with Crippen molar-refractivity contribution in [3.05, 3.63) is 11.5 Å². The van der Waals surface area contributed by atoms with Crippen LogP contribution in [0.15, 0.2) is 11.5 Å². The van der Waals surface area contributed by atoms with Crippen LogP contribution in [0.1, 0.15) is 13.8 Å². The van der Waals surface area contributed by atoms with E-state index in [1.165, 1.54) is 0 Å². The zero-order chi connectivity index (χ0) is 25.4. The molecule has 0 atom stereocenters. The molecule has 0 saturated heterocycles. The predicted octanol–water partition coefficient (Wildman–Crippen LogP) is 7.11. The molecule has 4 radical (unpaired) electrons. The third kappa shape index (κ3) is 8.65. The fourth-order valence-electron chi connectivity index (χ4n) is 6.91. The van der Waals surface area contributed by atoms with Gasteiger partial charge < -0.3 is 0 Å². The van der Waals surface area contributed by atoms with Gasteiger partial charge in [0.1, 0.15) is 0 Å². The first kappa shape index (κ1) is 32.6. The molecule has 182 valence electrons. The summed E-state index contributed by atoms with van der Waals surface area (Å²) in [7, 11) is -6.61. The van der Waals surface area contributed by atoms with E-state index in [1.54, 1.807) is 0 Å². The maximum Gasteiger partial charge on any atom is 0.0303 e. The van der Waals surface area contributed by atoms with Crippen molar-refractivity contribution in [3.8, 4) is 0 Å². The van der Waals surface area contributed by atoms with Gasteiger partial charge in [0.25, 0.3) is 0 Å². The van der Waals surface area contributed by atoms with Gasteiger partial charge in [0.2, 0.25) is 0 Å². The molecule has 0 aromatic rings. The summed E-state index contributed by atoms with van der Waals surface area (Å²) in [6, 6.07) is 0. The van der Waals surface area contributed by atoms with Crippen molar-refractivity contribution in [2.45, 2.75) is 119 Å². The molecule has 0 amide bonds. The standard InChI is InChI=1S/C16H48Si8.C4H6GeO2/c1-19(2,3)17(20(4,5)6)23(13,14)24(15,16)18(21(7,8)9)22(10,11)12;1-3-4(2)7-5-6-3/h1-16H3;1-2H3. The first-order valence-electron chi connectivity index (χ1n) is 11.8. The molecule has 0 N–H and O–H groups in total. The third-order valence-corrected chi connectivity index (χ3v) is 158. The Morgan fingerprint density at radius 3 is 0.742 bits per heavy atom. The Bertz CT molecular complexity index is 556. The smallest absolute Gasteiger partial charge is 0.0303 e. The summed E-state index contributed by atoms with van der Waals surface area (Å²) in [5.41, 5.74) is 0. The minimum absolute atomic E-state index is 0.124. The number of allylic oxidation sites excluding steroid dienone is 2. The molecular weight excluding hydrogens is 570 g/mol. The van der Waals surface area contributed by atoms with Crippen LogP contribution in [0.25, 0.3) is 0 Å². The summed E-state index contributed by atoms with van der Waals surface area (Å²) < 4.78 is 10.1. The van der Waals surface area contributed by atoms with Gasteiger partial charge in [-0.3, -0.25) is 0 Å². The molecule has 0 fully saturated rings. The van der Waals surface area contributed by atoms with E-state index in [0.717, 1.165) is 11.5 Å². The van der Waals surface area contributed by atoms with E-state index in [4.69, 9.17) is 7.53 Å². The van der Waals surface area contributed by atoms with Crippen LogP contribution >= 0.6 is 0 Å². The Labute approximate surface area is 211 Å². The Morgan fingerprint density at radius 1 is 0.452 bits per heavy atom. The van der Waals surface area contributed by atoms with Crippen molar-refractivity contribution in [1.29, 1.82) is 0 Å². The molecule has 0 spiro atoms. The number of hydrogen-bond acceptors (Lipinski definition) is 2. The maximum absolute atomic E-state index is 5.05. The summed E-state index contributed by atoms with van der Waals surface area (Å²) in [5.74, 6) is 1.92. The number of hydrogen-bond donors (Lipinski definition) is 0. The molecule has 1 aliphatic rings. The summed E-state index contributed by atoms with van der Waals surface area (Å²) in [6.07, 6.45) is 0. The maximum atomic E-state index is 5.05. The van der Waals surface area contributed by atoms with Crippen molar-refractivity contribution >= 4 is 75.4 Å². The molecule has 0 bridgehead atoms. The average molecular weight is 624 g/mol. The van der Waals surface area contributed by atoms with Crippen LogP contribution in [0, 0.1) is 0 Å². The van der Waals surface area contributed by atoms with E-state index >= 15 is 0 Å². The second kappa shape index (κ2) is 10.7. The van der Waals surface area contributed by atoms with Crippen molar-refractivity contribution in [1.82, 2.24) is 0 Å². The van der Waals surface area contributed by atoms with Crippen molar-refractivity contribution < 1.29 is 7.53 Å². The minimum Gasteiger partial charge on any atom is -0.0739 e. The van der Waals surface area contributed by atoms with Crippen LogP contribution in [-0.4, -0.2) is 75.4 Å². The van der Waals surface area contributed by atoms with Crippen molar-refractivity contribution in [2.75, 3.05) is 0 Å². The van der Waals surface area contributed by atoms with Crippen LogP contribution in [-0.2, 0) is 7.53 Å². The van der Waals surface area contributed by atoms with Crippen LogP contribution < -0.4 is 0 Å². The van der Waals surface area contributed by atoms with Crippen molar-refractivity contribution in [2.24, 2.45) is 0 Å². The van der Waals surface area contributed by atoms with Gasteiger partial charge in [-0.05, 0) is 0 Å². The molecule has 0 unspecified atom stereocenters. The molecule has 1 heterocycles. The normalized spacial score (nSPS) is 16.9. The fourth-order valence-corrected chi connectivity index (χ4v) is 275. The molecule has 0 aromatic carbocycles. The van der Waals surface area contributed by atoms with Gasteiger partial charge in [0.05, 0.1) is 0 Å². The van der Waals surface area contributed by atoms with Gasteiger partial charge in [0, 0.05) is 59.3 Å². The summed E-state index contributed by atoms with van der Waals surface area (Å²) >= 11 is -0.523. The predicted molar refractivity (Wildman–Crippen MR) is 166 cm³/mol. The van der Waals surface area contributed by atoms with Crippen LogP contribution in [0.2, 0.25) is 105 Å². The van der Waals surface area contributed by atoms with E-state index < -0.39 is 60.7 Å². The van der Waals surface area contributed by atoms with Crippen molar-refractivity contribution in [3.63, 3.8) is 0 Å². The molecule has 11 heteroatoms. The molecule has 2 nitrogen and oxygen atoms in total. The van der Waals surface area contributed by atoms with Crippen LogP contribution in [0.5, 0.6) is 0 Å². The Hall–Kier alpha value is 1.62. The minimum atomic E-state index is -1.13. The van der Waals surface area contributed by atoms with Gasteiger partial charge in [-0.1, -0.05) is 105 Å². The Morgan fingerprint density at radius 2 is 0.645 bits per heavy atom. The second-order valence-corrected chi connectivity index (χ2v) is 95.6. The summed E-state index contributed by atoms with van der Waals surface area (Å²) in [5, 5.41) is 0. The average Bonchev–Trinajstić information content (AvgIpc) is 2.74. The molecule has 1 rings (SSSR count). The monoisotopic (exact) mass is 624 g/mol. The molecular formula is C20H54GeO2Si8. The summed E-state index contributed by atoms with van der Waals surface area (Å²) in [6.45, 7) is 48.5. The first-order chi connectivity index (χ1) is 13.3. The van der Waals surface area contributed by atoms with E-state index in [0.29, 0.717) is 0 Å². The Kier molecular flexibility index (Phi) is 11.3. The summed E-state index contributed by atoms with van der Waals surface area (Å²) in [4.78, 5) is 0. The fraction of sp³-hybridized carbons (Fsp3) is 0.900. The molecule has 0 aliphatic carbocycles. The topological polar surface area (TPSA) is 18.5 Å². The van der Waals surface area contributed by atoms with E-state index in [1.807, 2.05) is 13.8 Å². The molecule has 0 aromatic heterocycles. The van der Waals surface area contributed by atoms with Gasteiger partial charge in [-0.15, -0.1) is 0 Å². The number of rotatable bonds is 7. The largest absolute Gasteiger partial charge is 0.0739 e. The van der Waals surface area contributed by atoms with Crippen LogP contribution in [0.4, 0.5) is 0 Å². The van der Waals surface area contributed by atoms with Gasteiger partial charge >= 0.3 is 49.0 Å². The zero-order valence-corrected chi connectivity index (χ0v) is 34.4. The van der Waals surface area contributed by atoms with E-state index in [2.05, 4.69) is 105 Å². The van der Waals surface area contributed by atoms with Gasteiger partial charge in [-0.2, -0.15) is 0 Å². The van der Waals surface area contributed by atoms with E-state index in [9.17, 15) is 0 Å².